The Bertz CT molecular complexity index is 793. The van der Waals surface area contributed by atoms with Crippen molar-refractivity contribution < 1.29 is 27.5 Å². The van der Waals surface area contributed by atoms with Gasteiger partial charge in [0.1, 0.15) is 5.75 Å². The molecule has 0 radical (unpaired) electrons. The molecule has 0 aliphatic heterocycles. The number of alkyl halides is 3. The highest BCUT2D eigenvalue weighted by atomic mass is 35.5. The minimum atomic E-state index is -5.06. The molecule has 0 aliphatic carbocycles. The summed E-state index contributed by atoms with van der Waals surface area (Å²) in [5, 5.41) is 4.87. The Morgan fingerprint density at radius 3 is 2.19 bits per heavy atom. The lowest BCUT2D eigenvalue weighted by atomic mass is 10.0. The molecule has 0 bridgehead atoms. The quantitative estimate of drug-likeness (QED) is 0.767. The molecule has 2 aromatic carbocycles. The molecule has 5 nitrogen and oxygen atoms in total. The maximum Gasteiger partial charge on any atom is 0.471 e. The Labute approximate surface area is 158 Å². The number of anilines is 1. The van der Waals surface area contributed by atoms with Crippen LogP contribution in [0.25, 0.3) is 0 Å². The van der Waals surface area contributed by atoms with Gasteiger partial charge in [0.25, 0.3) is 0 Å². The largest absolute Gasteiger partial charge is 0.497 e. The number of carbonyl (C=O) groups is 2. The van der Waals surface area contributed by atoms with Crippen LogP contribution in [-0.4, -0.2) is 25.1 Å². The molecule has 0 unspecified atom stereocenters. The lowest BCUT2D eigenvalue weighted by molar-refractivity contribution is -0.174. The van der Waals surface area contributed by atoms with Gasteiger partial charge in [0.2, 0.25) is 5.91 Å². The van der Waals surface area contributed by atoms with Crippen molar-refractivity contribution in [1.29, 1.82) is 0 Å². The third-order valence-electron chi connectivity index (χ3n) is 3.60. The first-order valence-electron chi connectivity index (χ1n) is 7.76. The van der Waals surface area contributed by atoms with E-state index in [1.807, 2.05) is 5.32 Å². The molecular formula is C18H16ClF3N2O3. The zero-order valence-electron chi connectivity index (χ0n) is 14.1. The van der Waals surface area contributed by atoms with Crippen LogP contribution in [0.2, 0.25) is 5.02 Å². The van der Waals surface area contributed by atoms with Crippen LogP contribution in [0.15, 0.2) is 48.5 Å². The smallest absolute Gasteiger partial charge is 0.471 e. The molecule has 2 aromatic rings. The molecule has 0 fully saturated rings. The van der Waals surface area contributed by atoms with Gasteiger partial charge < -0.3 is 15.4 Å². The van der Waals surface area contributed by atoms with Gasteiger partial charge >= 0.3 is 12.1 Å². The Morgan fingerprint density at radius 2 is 1.67 bits per heavy atom. The molecular weight excluding hydrogens is 385 g/mol. The van der Waals surface area contributed by atoms with E-state index >= 15 is 0 Å². The highest BCUT2D eigenvalue weighted by Gasteiger charge is 2.40. The predicted octanol–water partition coefficient (Wildman–Crippen LogP) is 4.10. The van der Waals surface area contributed by atoms with Crippen LogP contribution in [0.1, 0.15) is 18.0 Å². The van der Waals surface area contributed by atoms with E-state index in [9.17, 15) is 22.8 Å². The van der Waals surface area contributed by atoms with Crippen molar-refractivity contribution in [1.82, 2.24) is 5.32 Å². The molecule has 0 saturated carbocycles. The molecule has 0 saturated heterocycles. The van der Waals surface area contributed by atoms with E-state index in [0.29, 0.717) is 22.0 Å². The van der Waals surface area contributed by atoms with Gasteiger partial charge in [-0.2, -0.15) is 13.2 Å². The van der Waals surface area contributed by atoms with Crippen LogP contribution in [0.4, 0.5) is 18.9 Å². The highest BCUT2D eigenvalue weighted by Crippen LogP contribution is 2.24. The summed E-state index contributed by atoms with van der Waals surface area (Å²) in [6.45, 7) is 0. The topological polar surface area (TPSA) is 67.4 Å². The number of amides is 2. The first-order valence-corrected chi connectivity index (χ1v) is 8.14. The van der Waals surface area contributed by atoms with Gasteiger partial charge in [-0.3, -0.25) is 9.59 Å². The average Bonchev–Trinajstić information content (AvgIpc) is 2.62. The lowest BCUT2D eigenvalue weighted by Crippen LogP contribution is -2.40. The van der Waals surface area contributed by atoms with Gasteiger partial charge in [-0.15, -0.1) is 0 Å². The molecule has 144 valence electrons. The number of ether oxygens (including phenoxy) is 1. The minimum Gasteiger partial charge on any atom is -0.497 e. The third kappa shape index (κ3) is 6.18. The van der Waals surface area contributed by atoms with E-state index in [-0.39, 0.29) is 0 Å². The molecule has 1 atom stereocenters. The fourth-order valence-electron chi connectivity index (χ4n) is 2.26. The Hall–Kier alpha value is -2.74. The second-order valence-corrected chi connectivity index (χ2v) is 5.99. The molecule has 2 rings (SSSR count). The predicted molar refractivity (Wildman–Crippen MR) is 94.6 cm³/mol. The monoisotopic (exact) mass is 400 g/mol. The molecule has 0 aromatic heterocycles. The maximum absolute atomic E-state index is 12.6. The second kappa shape index (κ2) is 8.77. The van der Waals surface area contributed by atoms with E-state index in [1.165, 1.54) is 31.4 Å². The van der Waals surface area contributed by atoms with E-state index in [0.717, 1.165) is 0 Å². The molecule has 0 aliphatic rings. The summed E-state index contributed by atoms with van der Waals surface area (Å²) in [5.41, 5.74) is 0.764. The van der Waals surface area contributed by atoms with Gasteiger partial charge in [-0.05, 0) is 42.0 Å². The molecule has 0 spiro atoms. The average molecular weight is 401 g/mol. The van der Waals surface area contributed by atoms with Crippen molar-refractivity contribution in [3.8, 4) is 5.75 Å². The Morgan fingerprint density at radius 1 is 1.07 bits per heavy atom. The third-order valence-corrected chi connectivity index (χ3v) is 3.85. The number of carbonyl (C=O) groups excluding carboxylic acids is 2. The molecule has 2 N–H and O–H groups in total. The summed E-state index contributed by atoms with van der Waals surface area (Å²) in [4.78, 5) is 23.6. The van der Waals surface area contributed by atoms with E-state index < -0.39 is 30.5 Å². The van der Waals surface area contributed by atoms with Crippen LogP contribution in [-0.2, 0) is 9.59 Å². The van der Waals surface area contributed by atoms with E-state index in [2.05, 4.69) is 5.32 Å². The van der Waals surface area contributed by atoms with Crippen molar-refractivity contribution in [3.05, 3.63) is 59.1 Å². The Kier molecular flexibility index (Phi) is 6.68. The normalized spacial score (nSPS) is 12.2. The summed E-state index contributed by atoms with van der Waals surface area (Å²) in [5.74, 6) is -2.20. The van der Waals surface area contributed by atoms with E-state index in [4.69, 9.17) is 16.3 Å². The summed E-state index contributed by atoms with van der Waals surface area (Å²) in [6.07, 6.45) is -5.45. The van der Waals surface area contributed by atoms with Gasteiger partial charge in [0.05, 0.1) is 19.6 Å². The standard InChI is InChI=1S/C18H16ClF3N2O3/c1-27-14-8-2-11(3-9-14)15(24-17(26)18(20,21)22)10-16(25)23-13-6-4-12(19)5-7-13/h2-9,15H,10H2,1H3,(H,23,25)(H,24,26)/t15-/m1/s1. The second-order valence-electron chi connectivity index (χ2n) is 5.56. The summed E-state index contributed by atoms with van der Waals surface area (Å²) >= 11 is 5.76. The lowest BCUT2D eigenvalue weighted by Gasteiger charge is -2.20. The van der Waals surface area contributed by atoms with Gasteiger partial charge in [-0.1, -0.05) is 23.7 Å². The van der Waals surface area contributed by atoms with E-state index in [1.54, 1.807) is 24.3 Å². The Balaban J connectivity index is 2.16. The van der Waals surface area contributed by atoms with Crippen LogP contribution in [0.5, 0.6) is 5.75 Å². The van der Waals surface area contributed by atoms with Gasteiger partial charge in [0, 0.05) is 10.7 Å². The highest BCUT2D eigenvalue weighted by molar-refractivity contribution is 6.30. The SMILES string of the molecule is COc1ccc([C@@H](CC(=O)Nc2ccc(Cl)cc2)NC(=O)C(F)(F)F)cc1. The summed E-state index contributed by atoms with van der Waals surface area (Å²) in [6, 6.07) is 11.1. The maximum atomic E-state index is 12.6. The van der Waals surface area contributed by atoms with Crippen LogP contribution >= 0.6 is 11.6 Å². The number of benzene rings is 2. The van der Waals surface area contributed by atoms with Gasteiger partial charge in [-0.25, -0.2) is 0 Å². The summed E-state index contributed by atoms with van der Waals surface area (Å²) < 4.78 is 42.9. The molecule has 2 amide bonds. The zero-order chi connectivity index (χ0) is 20.0. The van der Waals surface area contributed by atoms with Crippen molar-refractivity contribution in [2.75, 3.05) is 12.4 Å². The first-order chi connectivity index (χ1) is 12.7. The van der Waals surface area contributed by atoms with Crippen molar-refractivity contribution in [2.45, 2.75) is 18.6 Å². The fourth-order valence-corrected chi connectivity index (χ4v) is 2.39. The van der Waals surface area contributed by atoms with Crippen molar-refractivity contribution >= 4 is 29.1 Å². The number of halogens is 4. The molecule has 9 heteroatoms. The van der Waals surface area contributed by atoms with Crippen LogP contribution in [0.3, 0.4) is 0 Å². The number of nitrogens with one attached hydrogen (secondary N) is 2. The van der Waals surface area contributed by atoms with Crippen LogP contribution in [0, 0.1) is 0 Å². The van der Waals surface area contributed by atoms with Gasteiger partial charge in [0.15, 0.2) is 0 Å². The minimum absolute atomic E-state index is 0.333. The number of methoxy groups -OCH3 is 1. The molecule has 27 heavy (non-hydrogen) atoms. The number of hydrogen-bond acceptors (Lipinski definition) is 3. The zero-order valence-corrected chi connectivity index (χ0v) is 14.9. The molecule has 0 heterocycles. The first kappa shape index (κ1) is 20.6. The van der Waals surface area contributed by atoms with Crippen molar-refractivity contribution in [2.24, 2.45) is 0 Å². The number of hydrogen-bond donors (Lipinski definition) is 2. The number of rotatable bonds is 6. The van der Waals surface area contributed by atoms with Crippen LogP contribution < -0.4 is 15.4 Å². The summed E-state index contributed by atoms with van der Waals surface area (Å²) in [7, 11) is 1.44. The fraction of sp³-hybridized carbons (Fsp3) is 0.222. The van der Waals surface area contributed by atoms with Crippen molar-refractivity contribution in [3.63, 3.8) is 0 Å².